The van der Waals surface area contributed by atoms with Gasteiger partial charge in [-0.15, -0.1) is 0 Å². The lowest BCUT2D eigenvalue weighted by atomic mass is 9.95. The Morgan fingerprint density at radius 2 is 1.11 bits per heavy atom. The highest BCUT2D eigenvalue weighted by Gasteiger charge is 2.22. The van der Waals surface area contributed by atoms with Gasteiger partial charge >= 0.3 is 0 Å². The number of imidazole rings is 1. The third kappa shape index (κ3) is 4.39. The molecule has 3 heteroatoms. The second kappa shape index (κ2) is 9.92. The van der Waals surface area contributed by atoms with Gasteiger partial charge in [-0.2, -0.15) is 0 Å². The van der Waals surface area contributed by atoms with Crippen molar-refractivity contribution in [2.45, 2.75) is 0 Å². The van der Waals surface area contributed by atoms with Gasteiger partial charge in [0.05, 0.1) is 17.1 Å². The van der Waals surface area contributed by atoms with E-state index in [1.807, 2.05) is 109 Å². The molecule has 0 N–H and O–H groups in total. The van der Waals surface area contributed by atoms with E-state index in [2.05, 4.69) is 34.7 Å². The molecule has 0 aliphatic rings. The molecule has 0 saturated carbocycles. The Morgan fingerprint density at radius 1 is 0.568 bits per heavy atom. The first-order chi connectivity index (χ1) is 18.3. The van der Waals surface area contributed by atoms with Gasteiger partial charge in [-0.05, 0) is 29.3 Å². The van der Waals surface area contributed by atoms with Crippen molar-refractivity contribution in [3.05, 3.63) is 162 Å². The molecule has 2 aromatic heterocycles. The number of fused-ring (bicyclic) bond motifs is 1. The van der Waals surface area contributed by atoms with Crippen molar-refractivity contribution in [2.75, 3.05) is 0 Å². The van der Waals surface area contributed by atoms with Crippen molar-refractivity contribution >= 4 is 17.0 Å². The number of aromatic nitrogens is 2. The lowest BCUT2D eigenvalue weighted by Crippen LogP contribution is -2.03. The molecule has 0 saturated heterocycles. The Hall–Kier alpha value is -5.02. The number of ketones is 1. The molecule has 0 aliphatic carbocycles. The van der Waals surface area contributed by atoms with Crippen molar-refractivity contribution in [1.82, 2.24) is 9.38 Å². The SMILES string of the molecule is O=C(/C=C(/c1ccccc1)c1c(-c2ccccc2)nc2cccc(-c3ccccc3)n12)c1ccccc1. The van der Waals surface area contributed by atoms with E-state index in [0.717, 1.165) is 45.0 Å². The van der Waals surface area contributed by atoms with Gasteiger partial charge in [0, 0.05) is 16.7 Å². The third-order valence-corrected chi connectivity index (χ3v) is 6.43. The fourth-order valence-electron chi connectivity index (χ4n) is 4.70. The van der Waals surface area contributed by atoms with E-state index >= 15 is 0 Å². The Kier molecular flexibility index (Phi) is 6.02. The van der Waals surface area contributed by atoms with Gasteiger partial charge in [-0.3, -0.25) is 9.20 Å². The van der Waals surface area contributed by atoms with Crippen LogP contribution >= 0.6 is 0 Å². The lowest BCUT2D eigenvalue weighted by molar-refractivity contribution is 0.104. The van der Waals surface area contributed by atoms with E-state index in [9.17, 15) is 4.79 Å². The molecule has 176 valence electrons. The van der Waals surface area contributed by atoms with Crippen LogP contribution in [-0.4, -0.2) is 15.2 Å². The van der Waals surface area contributed by atoms with Crippen LogP contribution in [-0.2, 0) is 0 Å². The summed E-state index contributed by atoms with van der Waals surface area (Å²) in [5.41, 5.74) is 8.05. The molecule has 0 bridgehead atoms. The molecular weight excluding hydrogens is 452 g/mol. The number of carbonyl (C=O) groups is 1. The minimum atomic E-state index is -0.0504. The van der Waals surface area contributed by atoms with Crippen LogP contribution in [0, 0.1) is 0 Å². The summed E-state index contributed by atoms with van der Waals surface area (Å²) in [4.78, 5) is 18.7. The van der Waals surface area contributed by atoms with Gasteiger partial charge in [0.1, 0.15) is 5.65 Å². The summed E-state index contributed by atoms with van der Waals surface area (Å²) in [5.74, 6) is -0.0504. The van der Waals surface area contributed by atoms with Crippen LogP contribution in [0.1, 0.15) is 21.6 Å². The molecule has 0 spiro atoms. The first-order valence-corrected chi connectivity index (χ1v) is 12.3. The molecule has 2 heterocycles. The number of pyridine rings is 1. The van der Waals surface area contributed by atoms with Crippen molar-refractivity contribution < 1.29 is 4.79 Å². The molecule has 6 rings (SSSR count). The number of nitrogens with zero attached hydrogens (tertiary/aromatic N) is 2. The smallest absolute Gasteiger partial charge is 0.186 e. The van der Waals surface area contributed by atoms with E-state index in [1.165, 1.54) is 0 Å². The van der Waals surface area contributed by atoms with E-state index in [-0.39, 0.29) is 5.78 Å². The summed E-state index contributed by atoms with van der Waals surface area (Å²) in [5, 5.41) is 0. The minimum absolute atomic E-state index is 0.0504. The van der Waals surface area contributed by atoms with Crippen molar-refractivity contribution in [1.29, 1.82) is 0 Å². The zero-order valence-corrected chi connectivity index (χ0v) is 20.2. The van der Waals surface area contributed by atoms with Crippen LogP contribution in [0.15, 0.2) is 146 Å². The Labute approximate surface area is 216 Å². The maximum atomic E-state index is 13.6. The summed E-state index contributed by atoms with van der Waals surface area (Å²) >= 11 is 0. The molecule has 0 aliphatic heterocycles. The van der Waals surface area contributed by atoms with Crippen LogP contribution in [0.2, 0.25) is 0 Å². The van der Waals surface area contributed by atoms with Gasteiger partial charge in [-0.25, -0.2) is 4.98 Å². The monoisotopic (exact) mass is 476 g/mol. The van der Waals surface area contributed by atoms with Crippen LogP contribution in [0.25, 0.3) is 33.7 Å². The topological polar surface area (TPSA) is 34.4 Å². The fourth-order valence-corrected chi connectivity index (χ4v) is 4.70. The highest BCUT2D eigenvalue weighted by molar-refractivity contribution is 6.11. The molecule has 0 fully saturated rings. The van der Waals surface area contributed by atoms with Crippen LogP contribution < -0.4 is 0 Å². The molecule has 6 aromatic rings. The number of rotatable bonds is 6. The quantitative estimate of drug-likeness (QED) is 0.180. The molecule has 0 unspecified atom stereocenters. The van der Waals surface area contributed by atoms with Gasteiger partial charge in [0.25, 0.3) is 0 Å². The summed E-state index contributed by atoms with van der Waals surface area (Å²) in [6.45, 7) is 0. The van der Waals surface area contributed by atoms with Crippen molar-refractivity contribution in [3.8, 4) is 22.5 Å². The Balaban J connectivity index is 1.71. The summed E-state index contributed by atoms with van der Waals surface area (Å²) < 4.78 is 2.18. The van der Waals surface area contributed by atoms with Crippen LogP contribution in [0.3, 0.4) is 0 Å². The molecule has 0 amide bonds. The molecule has 3 nitrogen and oxygen atoms in total. The molecule has 0 atom stereocenters. The molecule has 4 aromatic carbocycles. The molecular formula is C34H24N2O. The predicted octanol–water partition coefficient (Wildman–Crippen LogP) is 7.98. The van der Waals surface area contributed by atoms with Gasteiger partial charge in [-0.1, -0.05) is 127 Å². The first kappa shape index (κ1) is 22.4. The van der Waals surface area contributed by atoms with Gasteiger partial charge in [0.15, 0.2) is 5.78 Å². The van der Waals surface area contributed by atoms with E-state index in [1.54, 1.807) is 6.08 Å². The lowest BCUT2D eigenvalue weighted by Gasteiger charge is -2.14. The fraction of sp³-hybridized carbons (Fsp3) is 0. The highest BCUT2D eigenvalue weighted by Crippen LogP contribution is 2.36. The van der Waals surface area contributed by atoms with E-state index < -0.39 is 0 Å². The number of hydrogen-bond donors (Lipinski definition) is 0. The number of carbonyl (C=O) groups excluding carboxylic acids is 1. The third-order valence-electron chi connectivity index (χ3n) is 6.43. The minimum Gasteiger partial charge on any atom is -0.292 e. The van der Waals surface area contributed by atoms with Crippen molar-refractivity contribution in [3.63, 3.8) is 0 Å². The predicted molar refractivity (Wildman–Crippen MR) is 150 cm³/mol. The number of hydrogen-bond acceptors (Lipinski definition) is 2. The second-order valence-corrected chi connectivity index (χ2v) is 8.80. The van der Waals surface area contributed by atoms with Gasteiger partial charge in [0.2, 0.25) is 0 Å². The molecule has 0 radical (unpaired) electrons. The van der Waals surface area contributed by atoms with E-state index in [4.69, 9.17) is 4.98 Å². The van der Waals surface area contributed by atoms with Gasteiger partial charge < -0.3 is 0 Å². The zero-order valence-electron chi connectivity index (χ0n) is 20.2. The number of benzene rings is 4. The average molecular weight is 477 g/mol. The summed E-state index contributed by atoms with van der Waals surface area (Å²) in [7, 11) is 0. The summed E-state index contributed by atoms with van der Waals surface area (Å²) in [6, 6.07) is 46.1. The first-order valence-electron chi connectivity index (χ1n) is 12.3. The van der Waals surface area contributed by atoms with Crippen LogP contribution in [0.5, 0.6) is 0 Å². The van der Waals surface area contributed by atoms with E-state index in [0.29, 0.717) is 5.56 Å². The Bertz CT molecular complexity index is 1700. The second-order valence-electron chi connectivity index (χ2n) is 8.80. The largest absolute Gasteiger partial charge is 0.292 e. The maximum absolute atomic E-state index is 13.6. The normalized spacial score (nSPS) is 11.5. The zero-order chi connectivity index (χ0) is 25.0. The Morgan fingerprint density at radius 3 is 1.73 bits per heavy atom. The highest BCUT2D eigenvalue weighted by atomic mass is 16.1. The number of allylic oxidation sites excluding steroid dienone is 1. The van der Waals surface area contributed by atoms with Crippen LogP contribution in [0.4, 0.5) is 0 Å². The maximum Gasteiger partial charge on any atom is 0.186 e. The molecule has 37 heavy (non-hydrogen) atoms. The standard InChI is InChI=1S/C34H24N2O/c37-31(27-18-9-3-10-19-27)24-29(25-14-5-1-6-15-25)34-33(28-20-11-4-12-21-28)35-32-23-13-22-30(36(32)34)26-16-7-2-8-17-26/h1-24H/b29-24-. The van der Waals surface area contributed by atoms with Crippen molar-refractivity contribution in [2.24, 2.45) is 0 Å². The average Bonchev–Trinajstić information content (AvgIpc) is 3.37. The summed E-state index contributed by atoms with van der Waals surface area (Å²) in [6.07, 6.45) is 1.75.